The first-order valence-electron chi connectivity index (χ1n) is 10.4. The maximum atomic E-state index is 13.1. The maximum Gasteiger partial charge on any atom is 0.305 e. The number of carbonyl (C=O) groups excluding carboxylic acids is 3. The van der Waals surface area contributed by atoms with E-state index in [2.05, 4.69) is 21.4 Å². The second-order valence-electron chi connectivity index (χ2n) is 7.63. The molecule has 1 aliphatic carbocycles. The summed E-state index contributed by atoms with van der Waals surface area (Å²) in [7, 11) is 0. The van der Waals surface area contributed by atoms with Crippen molar-refractivity contribution >= 4 is 35.0 Å². The lowest BCUT2D eigenvalue weighted by atomic mass is 9.93. The van der Waals surface area contributed by atoms with E-state index in [1.54, 1.807) is 25.1 Å². The van der Waals surface area contributed by atoms with E-state index in [0.29, 0.717) is 40.5 Å². The van der Waals surface area contributed by atoms with Crippen molar-refractivity contribution in [1.82, 2.24) is 16.3 Å². The van der Waals surface area contributed by atoms with Crippen molar-refractivity contribution in [3.05, 3.63) is 93.1 Å². The van der Waals surface area contributed by atoms with Gasteiger partial charge in [-0.2, -0.15) is 5.10 Å². The summed E-state index contributed by atoms with van der Waals surface area (Å²) in [4.78, 5) is 37.3. The van der Waals surface area contributed by atoms with Gasteiger partial charge in [-0.1, -0.05) is 17.7 Å². The molecule has 4 rings (SSSR count). The number of hydrazine groups is 1. The van der Waals surface area contributed by atoms with Crippen LogP contribution in [0.25, 0.3) is 0 Å². The van der Waals surface area contributed by atoms with Gasteiger partial charge < -0.3 is 4.42 Å². The first-order chi connectivity index (χ1) is 16.3. The Hall–Kier alpha value is -3.98. The van der Waals surface area contributed by atoms with Crippen LogP contribution in [0.5, 0.6) is 0 Å². The molecule has 0 fully saturated rings. The van der Waals surface area contributed by atoms with Crippen molar-refractivity contribution in [3.63, 3.8) is 0 Å². The molecule has 10 heteroatoms. The highest BCUT2D eigenvalue weighted by molar-refractivity contribution is 6.31. The van der Waals surface area contributed by atoms with Crippen molar-refractivity contribution < 1.29 is 23.2 Å². The molecule has 3 aromatic rings. The number of halogens is 2. The van der Waals surface area contributed by atoms with Crippen LogP contribution in [0.4, 0.5) is 4.39 Å². The van der Waals surface area contributed by atoms with Crippen molar-refractivity contribution in [2.45, 2.75) is 26.2 Å². The molecule has 0 saturated carbocycles. The van der Waals surface area contributed by atoms with Gasteiger partial charge in [-0.3, -0.25) is 25.2 Å². The third-order valence-corrected chi connectivity index (χ3v) is 5.54. The third-order valence-electron chi connectivity index (χ3n) is 5.31. The third kappa shape index (κ3) is 4.99. The number of rotatable bonds is 4. The highest BCUT2D eigenvalue weighted by Gasteiger charge is 2.28. The van der Waals surface area contributed by atoms with E-state index in [1.807, 2.05) is 0 Å². The fraction of sp³-hybridized carbons (Fsp3) is 0.167. The lowest BCUT2D eigenvalue weighted by Gasteiger charge is -2.13. The molecule has 0 atom stereocenters. The quantitative estimate of drug-likeness (QED) is 0.489. The van der Waals surface area contributed by atoms with Crippen LogP contribution in [0, 0.1) is 12.7 Å². The van der Waals surface area contributed by atoms with Crippen LogP contribution in [0.2, 0.25) is 5.02 Å². The van der Waals surface area contributed by atoms with Gasteiger partial charge in [0.05, 0.1) is 5.71 Å². The Morgan fingerprint density at radius 2 is 1.71 bits per heavy atom. The molecule has 0 spiro atoms. The molecular weight excluding hydrogens is 463 g/mol. The Morgan fingerprint density at radius 1 is 0.971 bits per heavy atom. The van der Waals surface area contributed by atoms with Crippen LogP contribution >= 0.6 is 11.6 Å². The first-order valence-corrected chi connectivity index (χ1v) is 10.8. The largest absolute Gasteiger partial charge is 0.455 e. The Labute approximate surface area is 199 Å². The van der Waals surface area contributed by atoms with Crippen molar-refractivity contribution in [1.29, 1.82) is 0 Å². The molecule has 3 N–H and O–H groups in total. The number of amides is 3. The van der Waals surface area contributed by atoms with Gasteiger partial charge in [0.1, 0.15) is 11.6 Å². The Balaban J connectivity index is 1.48. The van der Waals surface area contributed by atoms with Crippen molar-refractivity contribution in [2.24, 2.45) is 5.10 Å². The predicted octanol–water partition coefficient (Wildman–Crippen LogP) is 3.93. The van der Waals surface area contributed by atoms with Gasteiger partial charge in [-0.15, -0.1) is 0 Å². The average molecular weight is 483 g/mol. The second kappa shape index (κ2) is 9.88. The monoisotopic (exact) mass is 482 g/mol. The number of furan rings is 1. The van der Waals surface area contributed by atoms with E-state index >= 15 is 0 Å². The van der Waals surface area contributed by atoms with Gasteiger partial charge in [0.15, 0.2) is 5.76 Å². The fourth-order valence-corrected chi connectivity index (χ4v) is 3.84. The summed E-state index contributed by atoms with van der Waals surface area (Å²) in [6.07, 6.45) is 1.89. The lowest BCUT2D eigenvalue weighted by Crippen LogP contribution is -2.41. The predicted molar refractivity (Wildman–Crippen MR) is 123 cm³/mol. The van der Waals surface area contributed by atoms with E-state index in [4.69, 9.17) is 16.0 Å². The summed E-state index contributed by atoms with van der Waals surface area (Å²) >= 11 is 5.89. The van der Waals surface area contributed by atoms with E-state index < -0.39 is 23.5 Å². The minimum absolute atomic E-state index is 0.0378. The molecule has 1 heterocycles. The molecule has 0 unspecified atom stereocenters. The maximum absolute atomic E-state index is 13.1. The van der Waals surface area contributed by atoms with E-state index in [9.17, 15) is 18.8 Å². The van der Waals surface area contributed by atoms with Crippen LogP contribution in [-0.4, -0.2) is 23.4 Å². The molecule has 174 valence electrons. The standard InChI is InChI=1S/C24H20ClFN4O4/c1-13-20-18(27-28-22(31)14-8-10-17(26)11-9-14)6-3-7-19(20)34-21(13)24(33)30-29-23(32)15-4-2-5-16(25)12-15/h2,4-5,8-12H,3,6-7H2,1H3,(H,28,31)(H,29,32)(H,30,33)/b27-18+. The minimum atomic E-state index is -0.628. The zero-order valence-electron chi connectivity index (χ0n) is 18.1. The minimum Gasteiger partial charge on any atom is -0.455 e. The number of nitrogens with one attached hydrogen (secondary N) is 3. The molecule has 0 aliphatic heterocycles. The number of benzene rings is 2. The molecule has 3 amide bonds. The zero-order chi connectivity index (χ0) is 24.2. The number of fused-ring (bicyclic) bond motifs is 1. The van der Waals surface area contributed by atoms with Crippen LogP contribution in [-0.2, 0) is 6.42 Å². The molecule has 1 aromatic heterocycles. The summed E-state index contributed by atoms with van der Waals surface area (Å²) in [6, 6.07) is 11.4. The number of hydrogen-bond acceptors (Lipinski definition) is 5. The van der Waals surface area contributed by atoms with Gasteiger partial charge in [0.25, 0.3) is 11.8 Å². The number of hydrazone groups is 1. The van der Waals surface area contributed by atoms with E-state index in [0.717, 1.165) is 6.42 Å². The Morgan fingerprint density at radius 3 is 2.44 bits per heavy atom. The smallest absolute Gasteiger partial charge is 0.305 e. The van der Waals surface area contributed by atoms with Crippen LogP contribution in [0.3, 0.4) is 0 Å². The molecule has 1 aliphatic rings. The summed E-state index contributed by atoms with van der Waals surface area (Å²) in [6.45, 7) is 1.71. The Bertz CT molecular complexity index is 1300. The summed E-state index contributed by atoms with van der Waals surface area (Å²) in [5.74, 6) is -1.47. The van der Waals surface area contributed by atoms with Gasteiger partial charge in [-0.25, -0.2) is 9.82 Å². The molecule has 0 saturated heterocycles. The lowest BCUT2D eigenvalue weighted by molar-refractivity contribution is 0.0829. The van der Waals surface area contributed by atoms with Crippen LogP contribution < -0.4 is 16.3 Å². The van der Waals surface area contributed by atoms with Crippen molar-refractivity contribution in [2.75, 3.05) is 0 Å². The van der Waals surface area contributed by atoms with Gasteiger partial charge in [0.2, 0.25) is 0 Å². The van der Waals surface area contributed by atoms with E-state index in [1.165, 1.54) is 30.3 Å². The Kier molecular flexibility index (Phi) is 6.74. The fourth-order valence-electron chi connectivity index (χ4n) is 3.65. The van der Waals surface area contributed by atoms with Gasteiger partial charge >= 0.3 is 5.91 Å². The first kappa shape index (κ1) is 23.2. The van der Waals surface area contributed by atoms with Gasteiger partial charge in [-0.05, 0) is 62.2 Å². The molecule has 0 radical (unpaired) electrons. The number of nitrogens with zero attached hydrogens (tertiary/aromatic N) is 1. The van der Waals surface area contributed by atoms with Gasteiger partial charge in [0, 0.05) is 33.7 Å². The average Bonchev–Trinajstić information content (AvgIpc) is 3.18. The molecule has 34 heavy (non-hydrogen) atoms. The van der Waals surface area contributed by atoms with Crippen LogP contribution in [0.1, 0.15) is 61.0 Å². The summed E-state index contributed by atoms with van der Waals surface area (Å²) in [5, 5.41) is 4.62. The topological polar surface area (TPSA) is 113 Å². The number of aryl methyl sites for hydroxylation is 1. The second-order valence-corrected chi connectivity index (χ2v) is 8.07. The number of carbonyl (C=O) groups is 3. The number of hydrogen-bond donors (Lipinski definition) is 3. The molecule has 0 bridgehead atoms. The normalized spacial score (nSPS) is 13.8. The van der Waals surface area contributed by atoms with Crippen LogP contribution in [0.15, 0.2) is 58.0 Å². The summed E-state index contributed by atoms with van der Waals surface area (Å²) in [5.41, 5.74) is 9.46. The zero-order valence-corrected chi connectivity index (χ0v) is 18.8. The molecular formula is C24H20ClFN4O4. The van der Waals surface area contributed by atoms with Crippen molar-refractivity contribution in [3.8, 4) is 0 Å². The highest BCUT2D eigenvalue weighted by Crippen LogP contribution is 2.29. The SMILES string of the molecule is Cc1c(C(=O)NNC(=O)c2cccc(Cl)c2)oc2c1/C(=N/NC(=O)c1ccc(F)cc1)CCC2. The van der Waals surface area contributed by atoms with E-state index in [-0.39, 0.29) is 16.9 Å². The summed E-state index contributed by atoms with van der Waals surface area (Å²) < 4.78 is 18.8. The molecule has 2 aromatic carbocycles. The highest BCUT2D eigenvalue weighted by atomic mass is 35.5. The molecule has 8 nitrogen and oxygen atoms in total.